The van der Waals surface area contributed by atoms with Crippen LogP contribution in [-0.2, 0) is 11.3 Å². The zero-order valence-electron chi connectivity index (χ0n) is 11.4. The fraction of sp³-hybridized carbons (Fsp3) is 0.333. The Balaban J connectivity index is 1.67. The molecular weight excluding hydrogens is 258 g/mol. The van der Waals surface area contributed by atoms with Crippen LogP contribution in [0.3, 0.4) is 0 Å². The van der Waals surface area contributed by atoms with E-state index >= 15 is 0 Å². The normalized spacial score (nSPS) is 12.1. The van der Waals surface area contributed by atoms with Gasteiger partial charge >= 0.3 is 0 Å². The average molecular weight is 277 g/mol. The number of aliphatic hydroxyl groups excluding tert-OH is 1. The van der Waals surface area contributed by atoms with E-state index in [4.69, 9.17) is 13.9 Å². The minimum atomic E-state index is -0.587. The van der Waals surface area contributed by atoms with E-state index in [-0.39, 0.29) is 6.61 Å². The lowest BCUT2D eigenvalue weighted by atomic mass is 10.3. The van der Waals surface area contributed by atoms with Crippen LogP contribution in [0.4, 0.5) is 5.69 Å². The van der Waals surface area contributed by atoms with Crippen LogP contribution < -0.4 is 10.1 Å². The van der Waals surface area contributed by atoms with E-state index in [0.717, 1.165) is 17.2 Å². The van der Waals surface area contributed by atoms with E-state index in [0.29, 0.717) is 13.2 Å². The van der Waals surface area contributed by atoms with Crippen molar-refractivity contribution in [1.29, 1.82) is 0 Å². The summed E-state index contributed by atoms with van der Waals surface area (Å²) in [5, 5.41) is 12.9. The average Bonchev–Trinajstić information content (AvgIpc) is 2.98. The maximum atomic E-state index is 9.82. The molecule has 0 fully saturated rings. The Kier molecular flexibility index (Phi) is 5.46. The summed E-state index contributed by atoms with van der Waals surface area (Å²) in [6, 6.07) is 11.2. The Labute approximate surface area is 118 Å². The van der Waals surface area contributed by atoms with Crippen molar-refractivity contribution in [2.75, 3.05) is 25.6 Å². The van der Waals surface area contributed by atoms with Gasteiger partial charge in [0, 0.05) is 18.3 Å². The molecule has 1 atom stereocenters. The Morgan fingerprint density at radius 2 is 2.20 bits per heavy atom. The summed E-state index contributed by atoms with van der Waals surface area (Å²) in [5.41, 5.74) is 0.898. The molecule has 1 heterocycles. The molecule has 0 radical (unpaired) electrons. The molecule has 2 aromatic rings. The summed E-state index contributed by atoms with van der Waals surface area (Å²) < 4.78 is 15.6. The maximum Gasteiger partial charge on any atom is 0.129 e. The molecule has 1 aromatic heterocycles. The lowest BCUT2D eigenvalue weighted by molar-refractivity contribution is 0.0282. The molecule has 20 heavy (non-hydrogen) atoms. The largest absolute Gasteiger partial charge is 0.497 e. The Bertz CT molecular complexity index is 498. The van der Waals surface area contributed by atoms with Crippen LogP contribution in [0.1, 0.15) is 5.76 Å². The van der Waals surface area contributed by atoms with Gasteiger partial charge in [0.05, 0.1) is 26.1 Å². The summed E-state index contributed by atoms with van der Waals surface area (Å²) in [7, 11) is 1.62. The first-order chi connectivity index (χ1) is 9.78. The van der Waals surface area contributed by atoms with Gasteiger partial charge in [0.1, 0.15) is 18.1 Å². The number of hydrogen-bond acceptors (Lipinski definition) is 5. The molecule has 0 spiro atoms. The topological polar surface area (TPSA) is 63.9 Å². The van der Waals surface area contributed by atoms with Gasteiger partial charge in [0.2, 0.25) is 0 Å². The summed E-state index contributed by atoms with van der Waals surface area (Å²) in [6.07, 6.45) is 1.01. The van der Waals surface area contributed by atoms with Crippen LogP contribution in [-0.4, -0.2) is 31.5 Å². The van der Waals surface area contributed by atoms with Crippen molar-refractivity contribution in [3.8, 4) is 5.75 Å². The molecule has 5 nitrogen and oxygen atoms in total. The third-order valence-electron chi connectivity index (χ3n) is 2.75. The first-order valence-corrected chi connectivity index (χ1v) is 6.44. The van der Waals surface area contributed by atoms with Gasteiger partial charge in [-0.15, -0.1) is 0 Å². The lowest BCUT2D eigenvalue weighted by Crippen LogP contribution is -2.24. The highest BCUT2D eigenvalue weighted by molar-refractivity contribution is 5.48. The highest BCUT2D eigenvalue weighted by Crippen LogP contribution is 2.16. The fourth-order valence-corrected chi connectivity index (χ4v) is 1.72. The van der Waals surface area contributed by atoms with Crippen LogP contribution in [0.5, 0.6) is 5.75 Å². The summed E-state index contributed by atoms with van der Waals surface area (Å²) in [5.74, 6) is 1.52. The van der Waals surface area contributed by atoms with Crippen molar-refractivity contribution in [3.63, 3.8) is 0 Å². The van der Waals surface area contributed by atoms with Gasteiger partial charge in [0.15, 0.2) is 0 Å². The molecule has 0 saturated heterocycles. The third kappa shape index (κ3) is 4.60. The minimum Gasteiger partial charge on any atom is -0.497 e. The molecule has 0 saturated carbocycles. The van der Waals surface area contributed by atoms with Gasteiger partial charge in [-0.2, -0.15) is 0 Å². The maximum absolute atomic E-state index is 9.82. The Hall–Kier alpha value is -1.98. The molecule has 5 heteroatoms. The van der Waals surface area contributed by atoms with E-state index in [1.165, 1.54) is 0 Å². The predicted molar refractivity (Wildman–Crippen MR) is 75.9 cm³/mol. The van der Waals surface area contributed by atoms with Gasteiger partial charge in [-0.1, -0.05) is 6.07 Å². The number of aliphatic hydroxyl groups is 1. The number of rotatable bonds is 8. The number of anilines is 1. The number of furan rings is 1. The summed E-state index contributed by atoms with van der Waals surface area (Å²) in [6.45, 7) is 1.02. The molecule has 0 amide bonds. The van der Waals surface area contributed by atoms with Gasteiger partial charge in [-0.05, 0) is 24.3 Å². The molecule has 0 aliphatic carbocycles. The number of methoxy groups -OCH3 is 1. The highest BCUT2D eigenvalue weighted by Gasteiger charge is 2.05. The first-order valence-electron chi connectivity index (χ1n) is 6.44. The smallest absolute Gasteiger partial charge is 0.129 e. The Morgan fingerprint density at radius 1 is 1.30 bits per heavy atom. The summed E-state index contributed by atoms with van der Waals surface area (Å²) in [4.78, 5) is 0. The molecule has 0 bridgehead atoms. The van der Waals surface area contributed by atoms with Crippen LogP contribution >= 0.6 is 0 Å². The zero-order chi connectivity index (χ0) is 14.2. The van der Waals surface area contributed by atoms with E-state index in [9.17, 15) is 5.11 Å². The zero-order valence-corrected chi connectivity index (χ0v) is 11.4. The highest BCUT2D eigenvalue weighted by atomic mass is 16.5. The van der Waals surface area contributed by atoms with Crippen molar-refractivity contribution >= 4 is 5.69 Å². The number of benzene rings is 1. The molecule has 0 aliphatic heterocycles. The van der Waals surface area contributed by atoms with Crippen molar-refractivity contribution in [2.45, 2.75) is 12.7 Å². The molecule has 2 N–H and O–H groups in total. The predicted octanol–water partition coefficient (Wildman–Crippen LogP) is 2.28. The quantitative estimate of drug-likeness (QED) is 0.775. The van der Waals surface area contributed by atoms with Gasteiger partial charge < -0.3 is 24.3 Å². The van der Waals surface area contributed by atoms with Gasteiger partial charge in [0.25, 0.3) is 0 Å². The van der Waals surface area contributed by atoms with Crippen molar-refractivity contribution < 1.29 is 19.0 Å². The lowest BCUT2D eigenvalue weighted by Gasteiger charge is -2.13. The molecule has 2 rings (SSSR count). The van der Waals surface area contributed by atoms with E-state index < -0.39 is 6.10 Å². The molecule has 0 aliphatic rings. The van der Waals surface area contributed by atoms with Crippen LogP contribution in [0.2, 0.25) is 0 Å². The second-order valence-electron chi connectivity index (χ2n) is 4.36. The van der Waals surface area contributed by atoms with Crippen LogP contribution in [0.15, 0.2) is 47.1 Å². The van der Waals surface area contributed by atoms with Crippen LogP contribution in [0, 0.1) is 0 Å². The first kappa shape index (κ1) is 14.4. The van der Waals surface area contributed by atoms with Crippen LogP contribution in [0.25, 0.3) is 0 Å². The third-order valence-corrected chi connectivity index (χ3v) is 2.75. The number of nitrogens with one attached hydrogen (secondary N) is 1. The van der Waals surface area contributed by atoms with Crippen molar-refractivity contribution in [1.82, 2.24) is 0 Å². The van der Waals surface area contributed by atoms with Crippen molar-refractivity contribution in [2.24, 2.45) is 0 Å². The van der Waals surface area contributed by atoms with Crippen molar-refractivity contribution in [3.05, 3.63) is 48.4 Å². The second-order valence-corrected chi connectivity index (χ2v) is 4.36. The van der Waals surface area contributed by atoms with E-state index in [1.807, 2.05) is 30.3 Å². The standard InChI is InChI=1S/C15H19NO4/c1-18-14-5-2-4-12(8-14)16-9-13(17)10-19-11-15-6-3-7-20-15/h2-8,13,16-17H,9-11H2,1H3. The fourth-order valence-electron chi connectivity index (χ4n) is 1.72. The van der Waals surface area contributed by atoms with Gasteiger partial charge in [-0.25, -0.2) is 0 Å². The number of ether oxygens (including phenoxy) is 2. The van der Waals surface area contributed by atoms with Gasteiger partial charge in [-0.3, -0.25) is 0 Å². The second kappa shape index (κ2) is 7.57. The Morgan fingerprint density at radius 3 is 2.95 bits per heavy atom. The number of hydrogen-bond donors (Lipinski definition) is 2. The molecule has 1 unspecified atom stereocenters. The summed E-state index contributed by atoms with van der Waals surface area (Å²) >= 11 is 0. The monoisotopic (exact) mass is 277 g/mol. The molecule has 1 aromatic carbocycles. The van der Waals surface area contributed by atoms with E-state index in [2.05, 4.69) is 5.32 Å². The molecule has 108 valence electrons. The van der Waals surface area contributed by atoms with E-state index in [1.54, 1.807) is 19.4 Å². The molecular formula is C15H19NO4. The SMILES string of the molecule is COc1cccc(NCC(O)COCc2ccco2)c1. The minimum absolute atomic E-state index is 0.248.